The fraction of sp³-hybridized carbons (Fsp3) is 0.545. The number of carbonyl (C=O) groups is 3. The first-order valence-corrected chi connectivity index (χ1v) is 10.3. The van der Waals surface area contributed by atoms with E-state index in [2.05, 4.69) is 16.7 Å². The summed E-state index contributed by atoms with van der Waals surface area (Å²) in [7, 11) is 1.60. The van der Waals surface area contributed by atoms with Crippen molar-refractivity contribution in [3.8, 4) is 6.07 Å². The Morgan fingerprint density at radius 2 is 1.80 bits per heavy atom. The maximum absolute atomic E-state index is 12.5. The predicted octanol–water partition coefficient (Wildman–Crippen LogP) is 2.74. The van der Waals surface area contributed by atoms with Crippen molar-refractivity contribution in [3.05, 3.63) is 35.4 Å². The molecule has 2 rings (SSSR count). The van der Waals surface area contributed by atoms with Crippen LogP contribution in [0.15, 0.2) is 24.3 Å². The number of nitrogens with zero attached hydrogens (tertiary/aromatic N) is 2. The number of nitrogens with one attached hydrogen (secondary N) is 2. The van der Waals surface area contributed by atoms with Crippen LogP contribution in [0.2, 0.25) is 0 Å². The Labute approximate surface area is 177 Å². The Morgan fingerprint density at radius 3 is 2.37 bits per heavy atom. The molecular weight excluding hydrogens is 384 g/mol. The van der Waals surface area contributed by atoms with Crippen molar-refractivity contribution < 1.29 is 19.1 Å². The summed E-state index contributed by atoms with van der Waals surface area (Å²) in [6, 6.07) is 8.68. The molecule has 0 aromatic heterocycles. The largest absolute Gasteiger partial charge is 0.452 e. The van der Waals surface area contributed by atoms with Crippen LogP contribution in [0.3, 0.4) is 0 Å². The van der Waals surface area contributed by atoms with E-state index in [1.54, 1.807) is 31.3 Å². The molecule has 1 saturated carbocycles. The minimum Gasteiger partial charge on any atom is -0.452 e. The third-order valence-electron chi connectivity index (χ3n) is 5.29. The number of nitriles is 1. The second kappa shape index (κ2) is 10.6. The summed E-state index contributed by atoms with van der Waals surface area (Å²) >= 11 is 0. The number of amides is 3. The van der Waals surface area contributed by atoms with Crippen LogP contribution >= 0.6 is 0 Å². The molecule has 3 amide bonds. The van der Waals surface area contributed by atoms with Gasteiger partial charge in [0.05, 0.1) is 11.6 Å². The maximum Gasteiger partial charge on any atom is 0.338 e. The summed E-state index contributed by atoms with van der Waals surface area (Å²) in [4.78, 5) is 37.8. The van der Waals surface area contributed by atoms with Crippen molar-refractivity contribution in [2.75, 3.05) is 13.7 Å². The van der Waals surface area contributed by atoms with E-state index in [1.807, 2.05) is 13.8 Å². The van der Waals surface area contributed by atoms with Gasteiger partial charge >= 0.3 is 12.0 Å². The number of benzene rings is 1. The fourth-order valence-corrected chi connectivity index (χ4v) is 3.46. The van der Waals surface area contributed by atoms with E-state index in [1.165, 1.54) is 4.90 Å². The summed E-state index contributed by atoms with van der Waals surface area (Å²) in [5.74, 6) is -0.993. The van der Waals surface area contributed by atoms with Gasteiger partial charge in [0.1, 0.15) is 5.54 Å². The molecule has 0 spiro atoms. The molecule has 2 N–H and O–H groups in total. The number of urea groups is 1. The third kappa shape index (κ3) is 6.21. The lowest BCUT2D eigenvalue weighted by molar-refractivity contribution is -0.138. The number of rotatable bonds is 7. The second-order valence-electron chi connectivity index (χ2n) is 7.91. The first-order valence-electron chi connectivity index (χ1n) is 10.3. The Balaban J connectivity index is 1.85. The fourth-order valence-electron chi connectivity index (χ4n) is 3.46. The number of hydrogen-bond acceptors (Lipinski definition) is 5. The van der Waals surface area contributed by atoms with Gasteiger partial charge < -0.3 is 20.3 Å². The minimum atomic E-state index is -0.807. The van der Waals surface area contributed by atoms with Gasteiger partial charge in [0.15, 0.2) is 6.61 Å². The van der Waals surface area contributed by atoms with Crippen LogP contribution in [0, 0.1) is 11.3 Å². The van der Waals surface area contributed by atoms with Crippen LogP contribution in [0.5, 0.6) is 0 Å². The summed E-state index contributed by atoms with van der Waals surface area (Å²) in [6.45, 7) is 3.67. The molecule has 0 radical (unpaired) electrons. The van der Waals surface area contributed by atoms with E-state index in [4.69, 9.17) is 4.74 Å². The highest BCUT2D eigenvalue weighted by Gasteiger charge is 2.39. The number of carbonyl (C=O) groups excluding carboxylic acids is 3. The molecule has 0 unspecified atom stereocenters. The van der Waals surface area contributed by atoms with Crippen molar-refractivity contribution in [3.63, 3.8) is 0 Å². The van der Waals surface area contributed by atoms with Crippen LogP contribution in [0.4, 0.5) is 4.79 Å². The van der Waals surface area contributed by atoms with E-state index in [9.17, 15) is 19.6 Å². The zero-order chi connectivity index (χ0) is 22.1. The van der Waals surface area contributed by atoms with Gasteiger partial charge in [-0.1, -0.05) is 31.4 Å². The van der Waals surface area contributed by atoms with Gasteiger partial charge in [0.2, 0.25) is 0 Å². The van der Waals surface area contributed by atoms with Gasteiger partial charge in [-0.05, 0) is 44.4 Å². The molecular formula is C22H30N4O4. The SMILES string of the molecule is CC(C)NC(=O)NCc1ccc(C(=O)OCC(=O)N(C)C2(C#N)CCCCC2)cc1. The summed E-state index contributed by atoms with van der Waals surface area (Å²) < 4.78 is 5.15. The van der Waals surface area contributed by atoms with Gasteiger partial charge in [-0.2, -0.15) is 5.26 Å². The Hall–Kier alpha value is -3.08. The molecule has 8 heteroatoms. The molecule has 30 heavy (non-hydrogen) atoms. The Morgan fingerprint density at radius 1 is 1.17 bits per heavy atom. The van der Waals surface area contributed by atoms with Crippen molar-refractivity contribution in [2.45, 2.75) is 64.1 Å². The zero-order valence-electron chi connectivity index (χ0n) is 17.9. The highest BCUT2D eigenvalue weighted by atomic mass is 16.5. The third-order valence-corrected chi connectivity index (χ3v) is 5.29. The second-order valence-corrected chi connectivity index (χ2v) is 7.91. The van der Waals surface area contributed by atoms with Crippen LogP contribution < -0.4 is 10.6 Å². The zero-order valence-corrected chi connectivity index (χ0v) is 17.9. The normalized spacial score (nSPS) is 15.0. The van der Waals surface area contributed by atoms with E-state index < -0.39 is 18.1 Å². The molecule has 0 heterocycles. The smallest absolute Gasteiger partial charge is 0.338 e. The van der Waals surface area contributed by atoms with E-state index in [0.717, 1.165) is 24.8 Å². The number of ether oxygens (including phenoxy) is 1. The summed E-state index contributed by atoms with van der Waals surface area (Å²) in [5.41, 5.74) is 0.334. The molecule has 0 saturated heterocycles. The summed E-state index contributed by atoms with van der Waals surface area (Å²) in [6.07, 6.45) is 4.17. The maximum atomic E-state index is 12.5. The molecule has 1 aromatic rings. The van der Waals surface area contributed by atoms with Crippen LogP contribution in [0.25, 0.3) is 0 Å². The van der Waals surface area contributed by atoms with Crippen LogP contribution in [-0.2, 0) is 16.1 Å². The molecule has 0 atom stereocenters. The van der Waals surface area contributed by atoms with E-state index >= 15 is 0 Å². The molecule has 1 aliphatic carbocycles. The quantitative estimate of drug-likeness (QED) is 0.667. The van der Waals surface area contributed by atoms with Gasteiger partial charge in [-0.25, -0.2) is 9.59 Å². The molecule has 8 nitrogen and oxygen atoms in total. The Kier molecular flexibility index (Phi) is 8.22. The van der Waals surface area contributed by atoms with Crippen LogP contribution in [-0.4, -0.2) is 48.0 Å². The molecule has 1 aromatic carbocycles. The average molecular weight is 415 g/mol. The van der Waals surface area contributed by atoms with E-state index in [0.29, 0.717) is 24.9 Å². The van der Waals surface area contributed by atoms with Gasteiger partial charge in [0, 0.05) is 19.6 Å². The van der Waals surface area contributed by atoms with Gasteiger partial charge in [-0.3, -0.25) is 4.79 Å². The molecule has 1 aliphatic rings. The molecule has 1 fully saturated rings. The lowest BCUT2D eigenvalue weighted by atomic mass is 9.81. The molecule has 0 bridgehead atoms. The lowest BCUT2D eigenvalue weighted by Gasteiger charge is -2.38. The number of esters is 1. The van der Waals surface area contributed by atoms with Gasteiger partial charge in [-0.15, -0.1) is 0 Å². The monoisotopic (exact) mass is 414 g/mol. The van der Waals surface area contributed by atoms with E-state index in [-0.39, 0.29) is 18.0 Å². The Bertz CT molecular complexity index is 792. The first kappa shape index (κ1) is 23.2. The summed E-state index contributed by atoms with van der Waals surface area (Å²) in [5, 5.41) is 15.0. The van der Waals surface area contributed by atoms with Gasteiger partial charge in [0.25, 0.3) is 5.91 Å². The minimum absolute atomic E-state index is 0.0463. The topological polar surface area (TPSA) is 112 Å². The van der Waals surface area contributed by atoms with Crippen molar-refractivity contribution in [2.24, 2.45) is 0 Å². The van der Waals surface area contributed by atoms with Crippen molar-refractivity contribution >= 4 is 17.9 Å². The van der Waals surface area contributed by atoms with Crippen molar-refractivity contribution in [1.82, 2.24) is 15.5 Å². The lowest BCUT2D eigenvalue weighted by Crippen LogP contribution is -2.51. The first-order chi connectivity index (χ1) is 14.3. The van der Waals surface area contributed by atoms with Crippen LogP contribution in [0.1, 0.15) is 61.9 Å². The average Bonchev–Trinajstić information content (AvgIpc) is 2.75. The standard InChI is InChI=1S/C22H30N4O4/c1-16(2)25-21(29)24-13-17-7-9-18(10-8-17)20(28)30-14-19(27)26(3)22(15-23)11-5-4-6-12-22/h7-10,16H,4-6,11-14H2,1-3H3,(H2,24,25,29). The highest BCUT2D eigenvalue weighted by Crippen LogP contribution is 2.32. The number of likely N-dealkylation sites (N-methyl/N-ethyl adjacent to an activating group) is 1. The van der Waals surface area contributed by atoms with Crippen molar-refractivity contribution in [1.29, 1.82) is 5.26 Å². The number of hydrogen-bond donors (Lipinski definition) is 2. The predicted molar refractivity (Wildman–Crippen MR) is 111 cm³/mol. The highest BCUT2D eigenvalue weighted by molar-refractivity contribution is 5.91. The molecule has 0 aliphatic heterocycles. The molecule has 162 valence electrons.